The number of carbonyl (C=O) groups excluding carboxylic acids is 1. The SMILES string of the molecule is Cl.O=C(COc1ccc(Cl)cc1)NCCN1CCCCCC1. The van der Waals surface area contributed by atoms with E-state index in [1.165, 1.54) is 25.7 Å². The maximum Gasteiger partial charge on any atom is 0.257 e. The zero-order chi connectivity index (χ0) is 14.9. The highest BCUT2D eigenvalue weighted by Gasteiger charge is 2.09. The quantitative estimate of drug-likeness (QED) is 0.860. The molecule has 1 aliphatic rings. The maximum absolute atomic E-state index is 11.7. The maximum atomic E-state index is 11.7. The molecule has 1 aromatic carbocycles. The van der Waals surface area contributed by atoms with Crippen LogP contribution in [-0.2, 0) is 4.79 Å². The first-order valence-corrected chi connectivity index (χ1v) is 7.99. The third-order valence-corrected chi connectivity index (χ3v) is 3.88. The van der Waals surface area contributed by atoms with E-state index >= 15 is 0 Å². The lowest BCUT2D eigenvalue weighted by molar-refractivity contribution is -0.123. The van der Waals surface area contributed by atoms with Gasteiger partial charge in [0.25, 0.3) is 5.91 Å². The van der Waals surface area contributed by atoms with Gasteiger partial charge in [-0.25, -0.2) is 0 Å². The summed E-state index contributed by atoms with van der Waals surface area (Å²) in [6.07, 6.45) is 5.21. The number of benzene rings is 1. The van der Waals surface area contributed by atoms with Crippen molar-refractivity contribution in [3.8, 4) is 5.75 Å². The minimum Gasteiger partial charge on any atom is -0.484 e. The minimum absolute atomic E-state index is 0. The van der Waals surface area contributed by atoms with Crippen LogP contribution in [0.1, 0.15) is 25.7 Å². The minimum atomic E-state index is -0.0835. The van der Waals surface area contributed by atoms with Crippen LogP contribution >= 0.6 is 24.0 Å². The average molecular weight is 347 g/mol. The summed E-state index contributed by atoms with van der Waals surface area (Å²) in [5, 5.41) is 3.56. The second-order valence-electron chi connectivity index (χ2n) is 5.35. The lowest BCUT2D eigenvalue weighted by Crippen LogP contribution is -2.37. The third kappa shape index (κ3) is 7.34. The van der Waals surface area contributed by atoms with Crippen LogP contribution in [0.4, 0.5) is 0 Å². The van der Waals surface area contributed by atoms with Crippen LogP contribution in [0.3, 0.4) is 0 Å². The number of hydrogen-bond acceptors (Lipinski definition) is 3. The molecule has 1 aliphatic heterocycles. The van der Waals surface area contributed by atoms with Gasteiger partial charge >= 0.3 is 0 Å². The second kappa shape index (κ2) is 10.7. The molecule has 1 amide bonds. The normalized spacial score (nSPS) is 15.5. The molecular weight excluding hydrogens is 323 g/mol. The largest absolute Gasteiger partial charge is 0.484 e. The van der Waals surface area contributed by atoms with Gasteiger partial charge in [-0.1, -0.05) is 24.4 Å². The van der Waals surface area contributed by atoms with E-state index in [4.69, 9.17) is 16.3 Å². The summed E-state index contributed by atoms with van der Waals surface area (Å²) in [6.45, 7) is 3.95. The van der Waals surface area contributed by atoms with E-state index in [0.29, 0.717) is 17.3 Å². The van der Waals surface area contributed by atoms with E-state index < -0.39 is 0 Å². The van der Waals surface area contributed by atoms with Crippen molar-refractivity contribution in [1.29, 1.82) is 0 Å². The highest BCUT2D eigenvalue weighted by atomic mass is 35.5. The standard InChI is InChI=1S/C16H23ClN2O2.ClH/c17-14-5-7-15(8-6-14)21-13-16(20)18-9-12-19-10-3-1-2-4-11-19;/h5-8H,1-4,9-13H2,(H,18,20);1H. The van der Waals surface area contributed by atoms with Crippen molar-refractivity contribution in [3.63, 3.8) is 0 Å². The van der Waals surface area contributed by atoms with Gasteiger partial charge in [0.05, 0.1) is 0 Å². The molecule has 1 heterocycles. The van der Waals surface area contributed by atoms with Crippen LogP contribution in [0.5, 0.6) is 5.75 Å². The molecule has 1 saturated heterocycles. The number of likely N-dealkylation sites (tertiary alicyclic amines) is 1. The van der Waals surface area contributed by atoms with Gasteiger partial charge in [-0.3, -0.25) is 4.79 Å². The van der Waals surface area contributed by atoms with Gasteiger partial charge in [-0.05, 0) is 50.2 Å². The Labute approximate surface area is 143 Å². The third-order valence-electron chi connectivity index (χ3n) is 3.63. The first-order valence-electron chi connectivity index (χ1n) is 7.61. The molecule has 0 radical (unpaired) electrons. The molecule has 4 nitrogen and oxygen atoms in total. The summed E-state index contributed by atoms with van der Waals surface area (Å²) in [7, 11) is 0. The van der Waals surface area contributed by atoms with Gasteiger partial charge in [-0.15, -0.1) is 12.4 Å². The number of ether oxygens (including phenoxy) is 1. The van der Waals surface area contributed by atoms with Crippen molar-refractivity contribution in [2.45, 2.75) is 25.7 Å². The first kappa shape index (κ1) is 19.1. The number of nitrogens with zero attached hydrogens (tertiary/aromatic N) is 1. The van der Waals surface area contributed by atoms with Crippen molar-refractivity contribution in [2.24, 2.45) is 0 Å². The number of nitrogens with one attached hydrogen (secondary N) is 1. The Morgan fingerprint density at radius 2 is 1.77 bits per heavy atom. The zero-order valence-corrected chi connectivity index (χ0v) is 14.3. The molecule has 1 N–H and O–H groups in total. The summed E-state index contributed by atoms with van der Waals surface area (Å²) in [4.78, 5) is 14.1. The highest BCUT2D eigenvalue weighted by Crippen LogP contribution is 2.15. The Morgan fingerprint density at radius 3 is 2.41 bits per heavy atom. The molecule has 0 aliphatic carbocycles. The highest BCUT2D eigenvalue weighted by molar-refractivity contribution is 6.30. The van der Waals surface area contributed by atoms with E-state index in [2.05, 4.69) is 10.2 Å². The van der Waals surface area contributed by atoms with Crippen molar-refractivity contribution >= 4 is 29.9 Å². The number of amides is 1. The molecule has 2 rings (SSSR count). The number of carbonyl (C=O) groups is 1. The lowest BCUT2D eigenvalue weighted by atomic mass is 10.2. The van der Waals surface area contributed by atoms with Gasteiger partial charge in [0, 0.05) is 18.1 Å². The summed E-state index contributed by atoms with van der Waals surface area (Å²) in [5.74, 6) is 0.571. The van der Waals surface area contributed by atoms with Crippen molar-refractivity contribution in [3.05, 3.63) is 29.3 Å². The number of halogens is 2. The Morgan fingerprint density at radius 1 is 1.14 bits per heavy atom. The summed E-state index contributed by atoms with van der Waals surface area (Å²) >= 11 is 5.79. The molecule has 1 aromatic rings. The summed E-state index contributed by atoms with van der Waals surface area (Å²) in [5.41, 5.74) is 0. The predicted octanol–water partition coefficient (Wildman–Crippen LogP) is 3.13. The van der Waals surface area contributed by atoms with E-state index in [1.807, 2.05) is 0 Å². The monoisotopic (exact) mass is 346 g/mol. The van der Waals surface area contributed by atoms with E-state index in [9.17, 15) is 4.79 Å². The molecule has 22 heavy (non-hydrogen) atoms. The van der Waals surface area contributed by atoms with Crippen LogP contribution in [0.2, 0.25) is 5.02 Å². The molecular formula is C16H24Cl2N2O2. The zero-order valence-electron chi connectivity index (χ0n) is 12.7. The van der Waals surface area contributed by atoms with Gasteiger partial charge in [0.2, 0.25) is 0 Å². The van der Waals surface area contributed by atoms with Crippen LogP contribution in [0.25, 0.3) is 0 Å². The van der Waals surface area contributed by atoms with E-state index in [0.717, 1.165) is 19.6 Å². The summed E-state index contributed by atoms with van der Waals surface area (Å²) < 4.78 is 5.40. The van der Waals surface area contributed by atoms with Gasteiger partial charge < -0.3 is 15.0 Å². The second-order valence-corrected chi connectivity index (χ2v) is 5.78. The Kier molecular flexibility index (Phi) is 9.28. The Hall–Kier alpha value is -0.970. The number of rotatable bonds is 6. The average Bonchev–Trinajstić information content (AvgIpc) is 2.75. The number of hydrogen-bond donors (Lipinski definition) is 1. The van der Waals surface area contributed by atoms with Crippen LogP contribution in [0.15, 0.2) is 24.3 Å². The van der Waals surface area contributed by atoms with Crippen molar-refractivity contribution in [1.82, 2.24) is 10.2 Å². The fourth-order valence-electron chi connectivity index (χ4n) is 2.44. The molecule has 1 fully saturated rings. The predicted molar refractivity (Wildman–Crippen MR) is 92.1 cm³/mol. The van der Waals surface area contributed by atoms with Gasteiger partial charge in [0.15, 0.2) is 6.61 Å². The Balaban J connectivity index is 0.00000242. The molecule has 0 bridgehead atoms. The summed E-state index contributed by atoms with van der Waals surface area (Å²) in [6, 6.07) is 7.00. The van der Waals surface area contributed by atoms with E-state index in [1.54, 1.807) is 24.3 Å². The smallest absolute Gasteiger partial charge is 0.257 e. The van der Waals surface area contributed by atoms with E-state index in [-0.39, 0.29) is 24.9 Å². The van der Waals surface area contributed by atoms with Crippen molar-refractivity contribution < 1.29 is 9.53 Å². The van der Waals surface area contributed by atoms with Crippen LogP contribution in [0, 0.1) is 0 Å². The van der Waals surface area contributed by atoms with Gasteiger partial charge in [-0.2, -0.15) is 0 Å². The molecule has 124 valence electrons. The fraction of sp³-hybridized carbons (Fsp3) is 0.562. The lowest BCUT2D eigenvalue weighted by Gasteiger charge is -2.19. The van der Waals surface area contributed by atoms with Crippen LogP contribution < -0.4 is 10.1 Å². The molecule has 0 unspecified atom stereocenters. The molecule has 0 aromatic heterocycles. The topological polar surface area (TPSA) is 41.6 Å². The molecule has 0 atom stereocenters. The Bertz CT molecular complexity index is 432. The van der Waals surface area contributed by atoms with Gasteiger partial charge in [0.1, 0.15) is 5.75 Å². The first-order chi connectivity index (χ1) is 10.2. The van der Waals surface area contributed by atoms with Crippen molar-refractivity contribution in [2.75, 3.05) is 32.8 Å². The molecule has 0 saturated carbocycles. The molecule has 0 spiro atoms. The van der Waals surface area contributed by atoms with Crippen LogP contribution in [-0.4, -0.2) is 43.6 Å². The molecule has 6 heteroatoms. The fourth-order valence-corrected chi connectivity index (χ4v) is 2.57.